The van der Waals surface area contributed by atoms with Gasteiger partial charge in [0.05, 0.1) is 0 Å². The van der Waals surface area contributed by atoms with Gasteiger partial charge in [-0.3, -0.25) is 4.90 Å². The van der Waals surface area contributed by atoms with Crippen LogP contribution in [-0.4, -0.2) is 25.9 Å². The van der Waals surface area contributed by atoms with E-state index in [1.54, 1.807) is 41.4 Å². The van der Waals surface area contributed by atoms with Crippen molar-refractivity contribution < 1.29 is 9.90 Å². The highest BCUT2D eigenvalue weighted by Crippen LogP contribution is 2.17. The largest absolute Gasteiger partial charge is 0.465 e. The Morgan fingerprint density at radius 2 is 2.29 bits per heavy atom. The van der Waals surface area contributed by atoms with Crippen molar-refractivity contribution in [3.8, 4) is 0 Å². The maximum atomic E-state index is 10.9. The van der Waals surface area contributed by atoms with Gasteiger partial charge in [0.2, 0.25) is 0 Å². The molecule has 2 heterocycles. The number of rotatable bonds is 1. The lowest BCUT2D eigenvalue weighted by atomic mass is 10.3. The first-order valence-corrected chi connectivity index (χ1v) is 4.14. The number of aromatic nitrogens is 2. The average molecular weight is 191 g/mol. The van der Waals surface area contributed by atoms with E-state index in [0.717, 1.165) is 0 Å². The van der Waals surface area contributed by atoms with Gasteiger partial charge >= 0.3 is 6.09 Å². The smallest absolute Gasteiger partial charge is 0.413 e. The molecule has 1 aliphatic heterocycles. The summed E-state index contributed by atoms with van der Waals surface area (Å²) in [6.07, 6.45) is 8.71. The number of hydrogen-bond acceptors (Lipinski definition) is 2. The maximum Gasteiger partial charge on any atom is 0.413 e. The summed E-state index contributed by atoms with van der Waals surface area (Å²) in [4.78, 5) is 12.0. The van der Waals surface area contributed by atoms with Crippen molar-refractivity contribution in [1.29, 1.82) is 0 Å². The second-order valence-electron chi connectivity index (χ2n) is 2.82. The van der Waals surface area contributed by atoms with Crippen molar-refractivity contribution in [3.63, 3.8) is 0 Å². The number of nitrogens with zero attached hydrogens (tertiary/aromatic N) is 3. The minimum atomic E-state index is -0.994. The molecule has 1 N–H and O–H groups in total. The highest BCUT2D eigenvalue weighted by Gasteiger charge is 2.21. The van der Waals surface area contributed by atoms with Gasteiger partial charge in [0.25, 0.3) is 0 Å². The molecule has 1 aliphatic rings. The molecule has 1 amide bonds. The summed E-state index contributed by atoms with van der Waals surface area (Å²) in [5.41, 5.74) is 0. The third-order valence-electron chi connectivity index (χ3n) is 1.94. The molecule has 1 unspecified atom stereocenters. The van der Waals surface area contributed by atoms with Gasteiger partial charge in [-0.15, -0.1) is 0 Å². The van der Waals surface area contributed by atoms with Crippen LogP contribution in [0.3, 0.4) is 0 Å². The average Bonchev–Trinajstić information content (AvgIpc) is 2.70. The van der Waals surface area contributed by atoms with Crippen molar-refractivity contribution in [2.24, 2.45) is 0 Å². The van der Waals surface area contributed by atoms with E-state index < -0.39 is 6.09 Å². The SMILES string of the molecule is O=C(O)N1C=CC=CC1n1cccn1. The molecular weight excluding hydrogens is 182 g/mol. The van der Waals surface area contributed by atoms with Crippen LogP contribution in [0.4, 0.5) is 4.79 Å². The first-order chi connectivity index (χ1) is 6.79. The molecule has 5 heteroatoms. The van der Waals surface area contributed by atoms with Gasteiger partial charge in [0.15, 0.2) is 6.17 Å². The highest BCUT2D eigenvalue weighted by molar-refractivity contribution is 5.67. The van der Waals surface area contributed by atoms with Crippen LogP contribution >= 0.6 is 0 Å². The Kier molecular flexibility index (Phi) is 2.06. The topological polar surface area (TPSA) is 58.4 Å². The van der Waals surface area contributed by atoms with Crippen LogP contribution in [0.25, 0.3) is 0 Å². The Balaban J connectivity index is 2.29. The maximum absolute atomic E-state index is 10.9. The van der Waals surface area contributed by atoms with Crippen LogP contribution in [0, 0.1) is 0 Å². The Morgan fingerprint density at radius 1 is 1.43 bits per heavy atom. The molecule has 2 rings (SSSR count). The quantitative estimate of drug-likeness (QED) is 0.730. The van der Waals surface area contributed by atoms with Gasteiger partial charge in [0, 0.05) is 18.6 Å². The zero-order valence-electron chi connectivity index (χ0n) is 7.32. The molecule has 0 bridgehead atoms. The predicted octanol–water partition coefficient (Wildman–Crippen LogP) is 1.45. The molecule has 14 heavy (non-hydrogen) atoms. The van der Waals surface area contributed by atoms with E-state index in [2.05, 4.69) is 5.10 Å². The van der Waals surface area contributed by atoms with E-state index >= 15 is 0 Å². The molecule has 1 aromatic rings. The van der Waals surface area contributed by atoms with Crippen LogP contribution in [0.5, 0.6) is 0 Å². The van der Waals surface area contributed by atoms with Crippen LogP contribution in [-0.2, 0) is 0 Å². The molecule has 1 aromatic heterocycles. The molecule has 72 valence electrons. The van der Waals surface area contributed by atoms with Gasteiger partial charge in [-0.1, -0.05) is 6.08 Å². The van der Waals surface area contributed by atoms with Crippen molar-refractivity contribution in [3.05, 3.63) is 42.9 Å². The number of allylic oxidation sites excluding steroid dienone is 2. The summed E-state index contributed by atoms with van der Waals surface area (Å²) < 4.78 is 1.58. The molecule has 0 radical (unpaired) electrons. The molecule has 5 nitrogen and oxygen atoms in total. The second kappa shape index (κ2) is 3.37. The summed E-state index contributed by atoms with van der Waals surface area (Å²) in [5.74, 6) is 0. The molecule has 0 spiro atoms. The monoisotopic (exact) mass is 191 g/mol. The van der Waals surface area contributed by atoms with Gasteiger partial charge in [0.1, 0.15) is 0 Å². The number of carbonyl (C=O) groups is 1. The van der Waals surface area contributed by atoms with E-state index in [-0.39, 0.29) is 6.17 Å². The van der Waals surface area contributed by atoms with E-state index in [1.165, 1.54) is 11.1 Å². The standard InChI is InChI=1S/C9H9N3O2/c13-9(14)11-6-2-1-4-8(11)12-7-3-5-10-12/h1-8H,(H,13,14). The van der Waals surface area contributed by atoms with E-state index in [9.17, 15) is 4.79 Å². The highest BCUT2D eigenvalue weighted by atomic mass is 16.4. The first-order valence-electron chi connectivity index (χ1n) is 4.14. The molecule has 0 aliphatic carbocycles. The molecule has 0 aromatic carbocycles. The van der Waals surface area contributed by atoms with E-state index in [1.807, 2.05) is 0 Å². The van der Waals surface area contributed by atoms with Gasteiger partial charge in [-0.05, 0) is 18.2 Å². The summed E-state index contributed by atoms with van der Waals surface area (Å²) in [6.45, 7) is 0. The van der Waals surface area contributed by atoms with Crippen molar-refractivity contribution in [1.82, 2.24) is 14.7 Å². The first kappa shape index (κ1) is 8.55. The number of carboxylic acid groups (broad SMARTS) is 1. The van der Waals surface area contributed by atoms with Crippen molar-refractivity contribution in [2.45, 2.75) is 6.17 Å². The van der Waals surface area contributed by atoms with Crippen molar-refractivity contribution >= 4 is 6.09 Å². The molecule has 1 atom stereocenters. The fraction of sp³-hybridized carbons (Fsp3) is 0.111. The van der Waals surface area contributed by atoms with Crippen LogP contribution < -0.4 is 0 Å². The lowest BCUT2D eigenvalue weighted by Crippen LogP contribution is -2.32. The predicted molar refractivity (Wildman–Crippen MR) is 49.4 cm³/mol. The zero-order chi connectivity index (χ0) is 9.97. The second-order valence-corrected chi connectivity index (χ2v) is 2.82. The van der Waals surface area contributed by atoms with E-state index in [0.29, 0.717) is 0 Å². The van der Waals surface area contributed by atoms with E-state index in [4.69, 9.17) is 5.11 Å². The fourth-order valence-corrected chi connectivity index (χ4v) is 1.32. The zero-order valence-corrected chi connectivity index (χ0v) is 7.32. The van der Waals surface area contributed by atoms with Gasteiger partial charge < -0.3 is 5.11 Å². The summed E-state index contributed by atoms with van der Waals surface area (Å²) in [6, 6.07) is 1.76. The molecule has 0 saturated carbocycles. The number of hydrogen-bond donors (Lipinski definition) is 1. The van der Waals surface area contributed by atoms with Gasteiger partial charge in [-0.2, -0.15) is 5.10 Å². The fourth-order valence-electron chi connectivity index (χ4n) is 1.32. The Bertz CT molecular complexity index is 381. The molecule has 0 fully saturated rings. The summed E-state index contributed by atoms with van der Waals surface area (Å²) in [5, 5.41) is 12.9. The normalized spacial score (nSPS) is 20.0. The minimum Gasteiger partial charge on any atom is -0.465 e. The summed E-state index contributed by atoms with van der Waals surface area (Å²) in [7, 11) is 0. The van der Waals surface area contributed by atoms with Crippen LogP contribution in [0.2, 0.25) is 0 Å². The third-order valence-corrected chi connectivity index (χ3v) is 1.94. The Labute approximate surface area is 80.6 Å². The molecular formula is C9H9N3O2. The minimum absolute atomic E-state index is 0.382. The molecule has 0 saturated heterocycles. The van der Waals surface area contributed by atoms with Crippen molar-refractivity contribution in [2.75, 3.05) is 0 Å². The lowest BCUT2D eigenvalue weighted by Gasteiger charge is -2.25. The van der Waals surface area contributed by atoms with Crippen LogP contribution in [0.15, 0.2) is 42.9 Å². The summed E-state index contributed by atoms with van der Waals surface area (Å²) >= 11 is 0. The number of amides is 1. The third kappa shape index (κ3) is 1.39. The lowest BCUT2D eigenvalue weighted by molar-refractivity contribution is 0.139. The Morgan fingerprint density at radius 3 is 2.93 bits per heavy atom. The Hall–Kier alpha value is -2.04. The van der Waals surface area contributed by atoms with Gasteiger partial charge in [-0.25, -0.2) is 9.48 Å². The van der Waals surface area contributed by atoms with Crippen LogP contribution in [0.1, 0.15) is 6.17 Å².